The van der Waals surface area contributed by atoms with Crippen LogP contribution in [0.3, 0.4) is 0 Å². The lowest BCUT2D eigenvalue weighted by atomic mass is 10.0. The van der Waals surface area contributed by atoms with Crippen molar-refractivity contribution in [1.82, 2.24) is 5.32 Å². The van der Waals surface area contributed by atoms with Gasteiger partial charge >= 0.3 is 0 Å². The molecule has 2 rings (SSSR count). The number of anilines is 1. The van der Waals surface area contributed by atoms with Gasteiger partial charge in [0.1, 0.15) is 0 Å². The number of carbonyl (C=O) groups is 1. The summed E-state index contributed by atoms with van der Waals surface area (Å²) in [5.41, 5.74) is 2.16. The molecule has 19 heavy (non-hydrogen) atoms. The van der Waals surface area contributed by atoms with E-state index in [9.17, 15) is 4.79 Å². The van der Waals surface area contributed by atoms with Crippen molar-refractivity contribution in [3.8, 4) is 0 Å². The lowest BCUT2D eigenvalue weighted by Gasteiger charge is -2.22. The van der Waals surface area contributed by atoms with E-state index in [1.165, 1.54) is 12.0 Å². The van der Waals surface area contributed by atoms with Crippen LogP contribution in [0.4, 0.5) is 5.69 Å². The first-order valence-electron chi connectivity index (χ1n) is 6.81. The molecule has 4 heteroatoms. The van der Waals surface area contributed by atoms with Crippen LogP contribution in [0, 0.1) is 0 Å². The number of amides is 1. The fourth-order valence-corrected chi connectivity index (χ4v) is 2.28. The Bertz CT molecular complexity index is 414. The number of benzene rings is 1. The van der Waals surface area contributed by atoms with Crippen LogP contribution in [0.1, 0.15) is 44.6 Å². The first-order chi connectivity index (χ1) is 8.66. The third-order valence-corrected chi connectivity index (χ3v) is 3.45. The lowest BCUT2D eigenvalue weighted by Crippen LogP contribution is -2.43. The SMILES string of the molecule is CC(C)c1cccc(NC(=O)[C@H]2CCCCN2)c1.Cl. The Balaban J connectivity index is 0.00000180. The van der Waals surface area contributed by atoms with Gasteiger partial charge in [-0.05, 0) is 43.0 Å². The van der Waals surface area contributed by atoms with Gasteiger partial charge in [0.15, 0.2) is 0 Å². The van der Waals surface area contributed by atoms with E-state index < -0.39 is 0 Å². The first-order valence-corrected chi connectivity index (χ1v) is 6.81. The Morgan fingerprint density at radius 3 is 2.79 bits per heavy atom. The lowest BCUT2D eigenvalue weighted by molar-refractivity contribution is -0.118. The Morgan fingerprint density at radius 1 is 1.37 bits per heavy atom. The minimum Gasteiger partial charge on any atom is -0.325 e. The first kappa shape index (κ1) is 16.0. The molecule has 1 aromatic carbocycles. The van der Waals surface area contributed by atoms with Crippen molar-refractivity contribution in [1.29, 1.82) is 0 Å². The molecule has 0 radical (unpaired) electrons. The predicted octanol–water partition coefficient (Wildman–Crippen LogP) is 3.31. The summed E-state index contributed by atoms with van der Waals surface area (Å²) in [5.74, 6) is 0.574. The summed E-state index contributed by atoms with van der Waals surface area (Å²) in [6.45, 7) is 5.26. The van der Waals surface area contributed by atoms with Crippen LogP contribution in [0.2, 0.25) is 0 Å². The van der Waals surface area contributed by atoms with Gasteiger partial charge in [-0.25, -0.2) is 0 Å². The molecular weight excluding hydrogens is 260 g/mol. The fourth-order valence-electron chi connectivity index (χ4n) is 2.28. The van der Waals surface area contributed by atoms with Crippen LogP contribution in [0.5, 0.6) is 0 Å². The molecule has 1 amide bonds. The van der Waals surface area contributed by atoms with Crippen LogP contribution >= 0.6 is 12.4 Å². The van der Waals surface area contributed by atoms with Crippen LogP contribution in [0.15, 0.2) is 24.3 Å². The molecule has 2 N–H and O–H groups in total. The van der Waals surface area contributed by atoms with Gasteiger partial charge in [0.2, 0.25) is 5.91 Å². The average molecular weight is 283 g/mol. The number of hydrogen-bond donors (Lipinski definition) is 2. The normalized spacial score (nSPS) is 18.8. The number of halogens is 1. The second kappa shape index (κ2) is 7.51. The topological polar surface area (TPSA) is 41.1 Å². The smallest absolute Gasteiger partial charge is 0.241 e. The van der Waals surface area contributed by atoms with Gasteiger partial charge in [-0.2, -0.15) is 0 Å². The summed E-state index contributed by atoms with van der Waals surface area (Å²) in [5, 5.41) is 6.27. The van der Waals surface area contributed by atoms with E-state index in [1.54, 1.807) is 0 Å². The van der Waals surface area contributed by atoms with Crippen LogP contribution in [-0.4, -0.2) is 18.5 Å². The zero-order valence-electron chi connectivity index (χ0n) is 11.6. The number of nitrogens with one attached hydrogen (secondary N) is 2. The van der Waals surface area contributed by atoms with Gasteiger partial charge in [0, 0.05) is 5.69 Å². The van der Waals surface area contributed by atoms with Crippen molar-refractivity contribution in [3.63, 3.8) is 0 Å². The highest BCUT2D eigenvalue weighted by Gasteiger charge is 2.20. The summed E-state index contributed by atoms with van der Waals surface area (Å²) in [4.78, 5) is 12.1. The minimum atomic E-state index is -0.0264. The molecule has 106 valence electrons. The summed E-state index contributed by atoms with van der Waals surface area (Å²) in [7, 11) is 0. The fraction of sp³-hybridized carbons (Fsp3) is 0.533. The molecule has 1 fully saturated rings. The van der Waals surface area contributed by atoms with E-state index >= 15 is 0 Å². The predicted molar refractivity (Wildman–Crippen MR) is 82.1 cm³/mol. The zero-order chi connectivity index (χ0) is 13.0. The molecule has 1 aromatic rings. The van der Waals surface area contributed by atoms with Gasteiger partial charge in [0.05, 0.1) is 6.04 Å². The van der Waals surface area contributed by atoms with Gasteiger partial charge in [-0.3, -0.25) is 4.79 Å². The van der Waals surface area contributed by atoms with Gasteiger partial charge in [0.25, 0.3) is 0 Å². The van der Waals surface area contributed by atoms with Crippen molar-refractivity contribution >= 4 is 24.0 Å². The third kappa shape index (κ3) is 4.51. The molecule has 1 atom stereocenters. The molecule has 1 saturated heterocycles. The van der Waals surface area contributed by atoms with E-state index in [1.807, 2.05) is 12.1 Å². The van der Waals surface area contributed by atoms with Gasteiger partial charge < -0.3 is 10.6 Å². The van der Waals surface area contributed by atoms with Crippen LogP contribution in [-0.2, 0) is 4.79 Å². The molecule has 0 saturated carbocycles. The number of carbonyl (C=O) groups excluding carboxylic acids is 1. The van der Waals surface area contributed by atoms with Crippen LogP contribution < -0.4 is 10.6 Å². The molecule has 1 aliphatic heterocycles. The number of hydrogen-bond acceptors (Lipinski definition) is 2. The maximum absolute atomic E-state index is 12.1. The van der Waals surface area contributed by atoms with E-state index in [-0.39, 0.29) is 24.4 Å². The third-order valence-electron chi connectivity index (χ3n) is 3.45. The van der Waals surface area contributed by atoms with Crippen molar-refractivity contribution in [2.24, 2.45) is 0 Å². The number of rotatable bonds is 3. The highest BCUT2D eigenvalue weighted by molar-refractivity contribution is 5.94. The second-order valence-corrected chi connectivity index (χ2v) is 5.27. The molecule has 1 aliphatic rings. The zero-order valence-corrected chi connectivity index (χ0v) is 12.4. The Hall–Kier alpha value is -1.06. The molecule has 0 bridgehead atoms. The van der Waals surface area contributed by atoms with E-state index in [0.29, 0.717) is 5.92 Å². The van der Waals surface area contributed by atoms with Crippen molar-refractivity contribution in [2.75, 3.05) is 11.9 Å². The summed E-state index contributed by atoms with van der Waals surface area (Å²) >= 11 is 0. The summed E-state index contributed by atoms with van der Waals surface area (Å²) in [6.07, 6.45) is 3.25. The maximum Gasteiger partial charge on any atom is 0.241 e. The Morgan fingerprint density at radius 2 is 2.16 bits per heavy atom. The van der Waals surface area contributed by atoms with Crippen LogP contribution in [0.25, 0.3) is 0 Å². The second-order valence-electron chi connectivity index (χ2n) is 5.27. The average Bonchev–Trinajstić information content (AvgIpc) is 2.40. The molecule has 0 aliphatic carbocycles. The van der Waals surface area contributed by atoms with E-state index in [4.69, 9.17) is 0 Å². The summed E-state index contributed by atoms with van der Waals surface area (Å²) in [6, 6.07) is 8.08. The number of piperidine rings is 1. The maximum atomic E-state index is 12.1. The standard InChI is InChI=1S/C15H22N2O.ClH/c1-11(2)12-6-5-7-13(10-12)17-15(18)14-8-3-4-9-16-14;/h5-7,10-11,14,16H,3-4,8-9H2,1-2H3,(H,17,18);1H/t14-;/m1./s1. The molecule has 0 unspecified atom stereocenters. The molecule has 3 nitrogen and oxygen atoms in total. The molecule has 0 spiro atoms. The van der Waals surface area contributed by atoms with Crippen molar-refractivity contribution < 1.29 is 4.79 Å². The summed E-state index contributed by atoms with van der Waals surface area (Å²) < 4.78 is 0. The Labute approximate surface area is 121 Å². The molecule has 1 heterocycles. The van der Waals surface area contributed by atoms with Gasteiger partial charge in [-0.15, -0.1) is 12.4 Å². The van der Waals surface area contributed by atoms with E-state index in [2.05, 4.69) is 36.6 Å². The Kier molecular flexibility index (Phi) is 6.32. The molecule has 0 aromatic heterocycles. The van der Waals surface area contributed by atoms with Crippen molar-refractivity contribution in [2.45, 2.75) is 45.1 Å². The largest absolute Gasteiger partial charge is 0.325 e. The van der Waals surface area contributed by atoms with Gasteiger partial charge in [-0.1, -0.05) is 32.4 Å². The highest BCUT2D eigenvalue weighted by Crippen LogP contribution is 2.19. The monoisotopic (exact) mass is 282 g/mol. The quantitative estimate of drug-likeness (QED) is 0.893. The van der Waals surface area contributed by atoms with Crippen molar-refractivity contribution in [3.05, 3.63) is 29.8 Å². The van der Waals surface area contributed by atoms with E-state index in [0.717, 1.165) is 25.1 Å². The molecular formula is C15H23ClN2O. The highest BCUT2D eigenvalue weighted by atomic mass is 35.5. The minimum absolute atomic E-state index is 0.